The molecule has 3 fully saturated rings. The van der Waals surface area contributed by atoms with Crippen LogP contribution in [0.1, 0.15) is 98.5 Å². The molecule has 0 amide bonds. The summed E-state index contributed by atoms with van der Waals surface area (Å²) in [5, 5.41) is 0. The topological polar surface area (TPSA) is 12.5 Å². The number of rotatable bonds is 10. The number of allylic oxidation sites excluding steroid dienone is 3. The van der Waals surface area contributed by atoms with E-state index in [0.717, 1.165) is 69.1 Å². The quantitative estimate of drug-likeness (QED) is 0.232. The van der Waals surface area contributed by atoms with E-state index in [-0.39, 0.29) is 12.0 Å². The molecule has 0 aromatic heterocycles. The van der Waals surface area contributed by atoms with E-state index >= 15 is 0 Å². The first kappa shape index (κ1) is 26.4. The van der Waals surface area contributed by atoms with Crippen molar-refractivity contribution in [2.45, 2.75) is 89.1 Å². The molecule has 3 aliphatic rings. The minimum absolute atomic E-state index is 0.155. The van der Waals surface area contributed by atoms with Crippen molar-refractivity contribution in [3.8, 4) is 0 Å². The van der Waals surface area contributed by atoms with Crippen LogP contribution in [0.3, 0.4) is 0 Å². The summed E-state index contributed by atoms with van der Waals surface area (Å²) in [4.78, 5) is 0. The number of benzene rings is 2. The second-order valence-corrected chi connectivity index (χ2v) is 11.6. The van der Waals surface area contributed by atoms with Gasteiger partial charge in [0.1, 0.15) is 6.10 Å². The Bertz CT molecular complexity index is 1050. The maximum absolute atomic E-state index is 14.8. The Balaban J connectivity index is 1.02. The Labute approximate surface area is 222 Å². The standard InChI is InChI=1S/C34H42F2O/c1-2-3-6-24-9-11-25(12-10-24)7-4-5-8-26-13-15-27(16-14-26)28-17-19-29(20-18-28)30-21-22-31(32-23-37-32)34(36)33(30)35/h2,5,8-12,21-22,26-29,32H,1,3-4,6-7,13-20,23H2/b8-5+. The van der Waals surface area contributed by atoms with Crippen LogP contribution in [0.2, 0.25) is 0 Å². The molecule has 0 spiro atoms. The minimum atomic E-state index is -0.689. The predicted octanol–water partition coefficient (Wildman–Crippen LogP) is 9.42. The van der Waals surface area contributed by atoms with E-state index in [9.17, 15) is 8.78 Å². The average molecular weight is 505 g/mol. The molecule has 2 aromatic carbocycles. The maximum atomic E-state index is 14.8. The molecule has 1 aliphatic heterocycles. The normalized spacial score (nSPS) is 27.9. The van der Waals surface area contributed by atoms with Gasteiger partial charge in [0.2, 0.25) is 0 Å². The van der Waals surface area contributed by atoms with Gasteiger partial charge in [-0.05, 0) is 117 Å². The van der Waals surface area contributed by atoms with Crippen LogP contribution in [0, 0.1) is 29.4 Å². The van der Waals surface area contributed by atoms with E-state index in [1.807, 2.05) is 12.1 Å². The Morgan fingerprint density at radius 1 is 0.730 bits per heavy atom. The van der Waals surface area contributed by atoms with Crippen molar-refractivity contribution in [3.05, 3.63) is 95.1 Å². The fourth-order valence-electron chi connectivity index (χ4n) is 6.76. The third-order valence-corrected chi connectivity index (χ3v) is 9.19. The number of ether oxygens (including phenoxy) is 1. The van der Waals surface area contributed by atoms with Crippen molar-refractivity contribution in [1.82, 2.24) is 0 Å². The van der Waals surface area contributed by atoms with Crippen molar-refractivity contribution < 1.29 is 13.5 Å². The fraction of sp³-hybridized carbons (Fsp3) is 0.529. The van der Waals surface area contributed by atoms with Crippen molar-refractivity contribution in [3.63, 3.8) is 0 Å². The molecule has 2 aliphatic carbocycles. The lowest BCUT2D eigenvalue weighted by Gasteiger charge is -2.37. The molecular formula is C34H42F2O. The molecule has 0 bridgehead atoms. The Kier molecular flexibility index (Phi) is 8.92. The predicted molar refractivity (Wildman–Crippen MR) is 148 cm³/mol. The minimum Gasteiger partial charge on any atom is -0.368 e. The smallest absolute Gasteiger partial charge is 0.165 e. The van der Waals surface area contributed by atoms with E-state index in [4.69, 9.17) is 4.74 Å². The van der Waals surface area contributed by atoms with E-state index < -0.39 is 11.6 Å². The fourth-order valence-corrected chi connectivity index (χ4v) is 6.76. The van der Waals surface area contributed by atoms with Gasteiger partial charge in [0.25, 0.3) is 0 Å². The molecular weight excluding hydrogens is 462 g/mol. The summed E-state index contributed by atoms with van der Waals surface area (Å²) in [6, 6.07) is 12.6. The molecule has 198 valence electrons. The highest BCUT2D eigenvalue weighted by molar-refractivity contribution is 5.32. The van der Waals surface area contributed by atoms with E-state index in [1.54, 1.807) is 6.07 Å². The summed E-state index contributed by atoms with van der Waals surface area (Å²) in [7, 11) is 0. The zero-order chi connectivity index (χ0) is 25.6. The van der Waals surface area contributed by atoms with Crippen LogP contribution in [-0.2, 0) is 17.6 Å². The van der Waals surface area contributed by atoms with Crippen LogP contribution in [-0.4, -0.2) is 6.61 Å². The zero-order valence-electron chi connectivity index (χ0n) is 22.1. The second-order valence-electron chi connectivity index (χ2n) is 11.6. The molecule has 1 atom stereocenters. The van der Waals surface area contributed by atoms with Crippen LogP contribution >= 0.6 is 0 Å². The van der Waals surface area contributed by atoms with Crippen molar-refractivity contribution in [2.24, 2.45) is 17.8 Å². The van der Waals surface area contributed by atoms with E-state index in [1.165, 1.54) is 36.8 Å². The van der Waals surface area contributed by atoms with Crippen molar-refractivity contribution in [2.75, 3.05) is 6.61 Å². The Morgan fingerprint density at radius 2 is 1.27 bits per heavy atom. The first-order chi connectivity index (χ1) is 18.1. The molecule has 1 heterocycles. The third-order valence-electron chi connectivity index (χ3n) is 9.19. The zero-order valence-corrected chi connectivity index (χ0v) is 22.1. The highest BCUT2D eigenvalue weighted by Crippen LogP contribution is 2.45. The molecule has 0 radical (unpaired) electrons. The van der Waals surface area contributed by atoms with Gasteiger partial charge in [-0.3, -0.25) is 0 Å². The van der Waals surface area contributed by atoms with Gasteiger partial charge in [-0.15, -0.1) is 6.58 Å². The monoisotopic (exact) mass is 504 g/mol. The molecule has 1 nitrogen and oxygen atoms in total. The van der Waals surface area contributed by atoms with E-state index in [2.05, 4.69) is 43.0 Å². The first-order valence-electron chi connectivity index (χ1n) is 14.6. The highest BCUT2D eigenvalue weighted by Gasteiger charge is 2.34. The number of halogens is 2. The second kappa shape index (κ2) is 12.5. The first-order valence-corrected chi connectivity index (χ1v) is 14.6. The summed E-state index contributed by atoms with van der Waals surface area (Å²) < 4.78 is 34.4. The summed E-state index contributed by atoms with van der Waals surface area (Å²) in [5.41, 5.74) is 3.78. The lowest BCUT2D eigenvalue weighted by molar-refractivity contribution is 0.170. The maximum Gasteiger partial charge on any atom is 0.165 e. The number of hydrogen-bond acceptors (Lipinski definition) is 1. The van der Waals surface area contributed by atoms with Crippen LogP contribution in [0.25, 0.3) is 0 Å². The van der Waals surface area contributed by atoms with Gasteiger partial charge in [0.15, 0.2) is 11.6 Å². The largest absolute Gasteiger partial charge is 0.368 e. The lowest BCUT2D eigenvalue weighted by Crippen LogP contribution is -2.25. The van der Waals surface area contributed by atoms with Gasteiger partial charge in [-0.1, -0.05) is 54.6 Å². The molecule has 1 saturated heterocycles. The molecule has 0 N–H and O–H groups in total. The SMILES string of the molecule is C=CCCc1ccc(CC/C=C/C2CCC(C3CCC(c4ccc(C5CO5)c(F)c4F)CC3)CC2)cc1. The summed E-state index contributed by atoms with van der Waals surface area (Å²) >= 11 is 0. The van der Waals surface area contributed by atoms with Gasteiger partial charge in [0.05, 0.1) is 6.61 Å². The van der Waals surface area contributed by atoms with Crippen molar-refractivity contribution in [1.29, 1.82) is 0 Å². The van der Waals surface area contributed by atoms with Crippen LogP contribution in [0.15, 0.2) is 61.2 Å². The number of aryl methyl sites for hydroxylation is 2. The molecule has 37 heavy (non-hydrogen) atoms. The Morgan fingerprint density at radius 3 is 1.86 bits per heavy atom. The van der Waals surface area contributed by atoms with Gasteiger partial charge < -0.3 is 4.74 Å². The van der Waals surface area contributed by atoms with Crippen LogP contribution in [0.4, 0.5) is 8.78 Å². The van der Waals surface area contributed by atoms with Crippen LogP contribution < -0.4 is 0 Å². The van der Waals surface area contributed by atoms with Crippen molar-refractivity contribution >= 4 is 0 Å². The van der Waals surface area contributed by atoms with Crippen LogP contribution in [0.5, 0.6) is 0 Å². The molecule has 3 heteroatoms. The summed E-state index contributed by atoms with van der Waals surface area (Å²) in [6.45, 7) is 4.31. The molecule has 1 unspecified atom stereocenters. The number of hydrogen-bond donors (Lipinski definition) is 0. The lowest BCUT2D eigenvalue weighted by atomic mass is 9.68. The van der Waals surface area contributed by atoms with Gasteiger partial charge in [-0.2, -0.15) is 0 Å². The highest BCUT2D eigenvalue weighted by atomic mass is 19.2. The molecule has 5 rings (SSSR count). The van der Waals surface area contributed by atoms with Gasteiger partial charge >= 0.3 is 0 Å². The van der Waals surface area contributed by atoms with E-state index in [0.29, 0.717) is 17.7 Å². The summed E-state index contributed by atoms with van der Waals surface area (Å²) in [6.07, 6.45) is 20.4. The number of epoxide rings is 1. The average Bonchev–Trinajstić information content (AvgIpc) is 3.78. The summed E-state index contributed by atoms with van der Waals surface area (Å²) in [5.74, 6) is 1.11. The van der Waals surface area contributed by atoms with Gasteiger partial charge in [0, 0.05) is 5.56 Å². The molecule has 2 saturated carbocycles. The third kappa shape index (κ3) is 6.79. The van der Waals surface area contributed by atoms with Gasteiger partial charge in [-0.25, -0.2) is 8.78 Å². The molecule has 2 aromatic rings. The Hall–Kier alpha value is -2.26.